The number of aromatic hydroxyl groups is 1. The van der Waals surface area contributed by atoms with Crippen molar-refractivity contribution < 1.29 is 38.5 Å². The maximum absolute atomic E-state index is 12.8. The number of hydrogen-bond acceptors (Lipinski definition) is 3. The second kappa shape index (κ2) is 19.2. The van der Waals surface area contributed by atoms with Gasteiger partial charge < -0.3 is 5.11 Å². The number of benzene rings is 7. The fourth-order valence-corrected chi connectivity index (χ4v) is 9.39. The molecule has 0 radical (unpaired) electrons. The van der Waals surface area contributed by atoms with Crippen LogP contribution < -0.4 is 0 Å². The topological polar surface area (TPSA) is 50.9 Å². The number of aromatic nitrogens is 3. The van der Waals surface area contributed by atoms with E-state index in [1.807, 2.05) is 98.1 Å². The summed E-state index contributed by atoms with van der Waals surface area (Å²) >= 11 is 0. The second-order valence-electron chi connectivity index (χ2n) is 23.1. The van der Waals surface area contributed by atoms with E-state index in [0.29, 0.717) is 61.6 Å². The van der Waals surface area contributed by atoms with E-state index in [1.165, 1.54) is 0 Å². The van der Waals surface area contributed by atoms with Gasteiger partial charge >= 0.3 is 0 Å². The van der Waals surface area contributed by atoms with Gasteiger partial charge in [0.05, 0.1) is 30.5 Å². The van der Waals surface area contributed by atoms with Crippen molar-refractivity contribution in [1.82, 2.24) is 14.5 Å². The zero-order chi connectivity index (χ0) is 58.7. The first-order chi connectivity index (χ1) is 37.1. The zero-order valence-electron chi connectivity index (χ0n) is 53.0. The summed E-state index contributed by atoms with van der Waals surface area (Å²) in [6.45, 7) is 26.2. The summed E-state index contributed by atoms with van der Waals surface area (Å²) in [6.07, 6.45) is 0. The Morgan fingerprint density at radius 3 is 1.83 bits per heavy atom. The molecule has 4 nitrogen and oxygen atoms in total. The van der Waals surface area contributed by atoms with Gasteiger partial charge in [-0.05, 0) is 117 Å². The minimum atomic E-state index is -2.52. The fraction of sp³-hybridized carbons (Fsp3) is 0.284. The summed E-state index contributed by atoms with van der Waals surface area (Å²) in [4.78, 5) is 10.6. The Hall–Kier alpha value is -6.35. The number of aryl methyl sites for hydroxylation is 2. The number of hydrogen-bond donors (Lipinski definition) is 1. The van der Waals surface area contributed by atoms with E-state index in [9.17, 15) is 6.48 Å². The number of para-hydroxylation sites is 1. The number of phenolic OH excluding ortho intramolecular Hbond substituents is 1. The fourth-order valence-electron chi connectivity index (χ4n) is 9.39. The van der Waals surface area contributed by atoms with Gasteiger partial charge in [-0.15, -0.1) is 23.8 Å². The summed E-state index contributed by atoms with van der Waals surface area (Å²) in [5.74, 6) is 0.446. The molecule has 72 heavy (non-hydrogen) atoms. The molecule has 2 heterocycles. The SMILES string of the molecule is [2H]c1c([2H])c([2H])c(-c2c([2H])c(-c3[c-]c(-c4cccc5c4nc(-c4cc(C(C)(C)C)cc(C(C)(C)C)c4O)n5-c4cc(C([2H])([2H])[2H])c(C(C)(C)C)cc4-c4ccc(C(C)(C)C)cc4)cc(-c4ccccc4)c3)nc(C)c2C)c([2H])c1[2H].[Pt]. The number of imidazole rings is 1. The zero-order valence-corrected chi connectivity index (χ0v) is 46.3. The van der Waals surface area contributed by atoms with Crippen LogP contribution in [0.3, 0.4) is 0 Å². The molecule has 0 aliphatic carbocycles. The Kier molecular flexibility index (Phi) is 11.0. The molecular weight excluding hydrogens is 1060 g/mol. The molecule has 0 spiro atoms. The number of nitrogens with zero attached hydrogens (tertiary/aromatic N) is 3. The third kappa shape index (κ3) is 10.1. The third-order valence-electron chi connectivity index (χ3n) is 13.7. The van der Waals surface area contributed by atoms with Crippen molar-refractivity contribution in [3.8, 4) is 78.6 Å². The van der Waals surface area contributed by atoms with E-state index in [2.05, 4.69) is 98.7 Å². The molecule has 9 aromatic rings. The minimum Gasteiger partial charge on any atom is -0.507 e. The van der Waals surface area contributed by atoms with Gasteiger partial charge in [-0.1, -0.05) is 209 Å². The van der Waals surface area contributed by atoms with Gasteiger partial charge in [-0.25, -0.2) is 4.98 Å². The third-order valence-corrected chi connectivity index (χ3v) is 13.7. The second-order valence-corrected chi connectivity index (χ2v) is 23.1. The molecule has 0 saturated heterocycles. The van der Waals surface area contributed by atoms with Gasteiger partial charge in [0.15, 0.2) is 0 Å². The van der Waals surface area contributed by atoms with Crippen LogP contribution in [-0.2, 0) is 42.7 Å². The van der Waals surface area contributed by atoms with E-state index >= 15 is 0 Å². The van der Waals surface area contributed by atoms with E-state index in [1.54, 1.807) is 19.9 Å². The summed E-state index contributed by atoms with van der Waals surface area (Å²) in [7, 11) is 0. The van der Waals surface area contributed by atoms with Gasteiger partial charge in [0, 0.05) is 47.7 Å². The van der Waals surface area contributed by atoms with Crippen molar-refractivity contribution in [1.29, 1.82) is 0 Å². The van der Waals surface area contributed by atoms with Gasteiger partial charge in [0.25, 0.3) is 0 Å². The molecule has 0 bridgehead atoms. The Morgan fingerprint density at radius 2 is 1.21 bits per heavy atom. The maximum atomic E-state index is 12.8. The number of pyridine rings is 1. The first-order valence-electron chi connectivity index (χ1n) is 29.0. The standard InChI is InChI=1S/C67H70N3O.Pt/c1-41-33-60(54(39-56(41)66(10,11)12)46-29-31-50(32-30-46)64(4,5)6)70-59-28-22-27-52(61(59)69-63(70)55-37-51(65(7,8)9)38-57(62(55)71)67(13,14)15)48-34-47(44-23-18-16-19-24-44)35-49(36-48)58-40-53(42(2)43(3)68-58)45-25-20-17-21-26-45;/h16-35,37-40,71H,1-15H3;/q-1;/i1D3,17D,20D,21D,25D,26D,40D;. The van der Waals surface area contributed by atoms with E-state index in [0.717, 1.165) is 38.9 Å². The minimum absolute atomic E-state index is 0. The van der Waals surface area contributed by atoms with Crippen LogP contribution in [0.4, 0.5) is 0 Å². The average molecular weight is 1140 g/mol. The van der Waals surface area contributed by atoms with Crippen LogP contribution in [0.5, 0.6) is 5.75 Å². The van der Waals surface area contributed by atoms with Crippen LogP contribution >= 0.6 is 0 Å². The molecule has 9 rings (SSSR count). The molecule has 7 aromatic carbocycles. The van der Waals surface area contributed by atoms with Crippen LogP contribution in [-0.4, -0.2) is 19.6 Å². The van der Waals surface area contributed by atoms with Crippen LogP contribution in [0.25, 0.3) is 83.9 Å². The largest absolute Gasteiger partial charge is 0.507 e. The average Bonchev–Trinajstić information content (AvgIpc) is 4.04. The molecule has 0 aliphatic heterocycles. The summed E-state index contributed by atoms with van der Waals surface area (Å²) in [5.41, 5.74) is 10.5. The van der Waals surface area contributed by atoms with E-state index < -0.39 is 47.9 Å². The quantitative estimate of drug-likeness (QED) is 0.162. The van der Waals surface area contributed by atoms with Gasteiger partial charge in [0.2, 0.25) is 0 Å². The monoisotopic (exact) mass is 1140 g/mol. The van der Waals surface area contributed by atoms with Crippen LogP contribution in [0.1, 0.15) is 134 Å². The molecule has 0 aliphatic rings. The Morgan fingerprint density at radius 1 is 0.556 bits per heavy atom. The Bertz CT molecular complexity index is 3920. The van der Waals surface area contributed by atoms with Gasteiger partial charge in [-0.3, -0.25) is 9.55 Å². The first-order valence-corrected chi connectivity index (χ1v) is 24.5. The first kappa shape index (κ1) is 41.2. The molecule has 1 N–H and O–H groups in total. The van der Waals surface area contributed by atoms with Crippen molar-refractivity contribution in [3.05, 3.63) is 191 Å². The van der Waals surface area contributed by atoms with Crippen molar-refractivity contribution in [2.45, 2.75) is 125 Å². The Balaban J connectivity index is 0.00000860. The molecule has 0 atom stereocenters. The molecule has 5 heteroatoms. The maximum Gasteiger partial charge on any atom is 0.148 e. The number of fused-ring (bicyclic) bond motifs is 1. The smallest absolute Gasteiger partial charge is 0.148 e. The van der Waals surface area contributed by atoms with Crippen molar-refractivity contribution in [3.63, 3.8) is 0 Å². The van der Waals surface area contributed by atoms with Crippen LogP contribution in [0.2, 0.25) is 0 Å². The molecule has 0 fully saturated rings. The van der Waals surface area contributed by atoms with E-state index in [-0.39, 0.29) is 66.1 Å². The van der Waals surface area contributed by atoms with Crippen molar-refractivity contribution >= 4 is 11.0 Å². The molecular formula is C67H70N3OPt-. The summed E-state index contributed by atoms with van der Waals surface area (Å²) in [5, 5.41) is 12.8. The number of rotatable bonds is 7. The van der Waals surface area contributed by atoms with Gasteiger partial charge in [0.1, 0.15) is 11.6 Å². The predicted molar refractivity (Wildman–Crippen MR) is 301 cm³/mol. The molecule has 370 valence electrons. The van der Waals surface area contributed by atoms with Crippen molar-refractivity contribution in [2.24, 2.45) is 0 Å². The van der Waals surface area contributed by atoms with Crippen molar-refractivity contribution in [2.75, 3.05) is 0 Å². The molecule has 2 aromatic heterocycles. The normalized spacial score (nSPS) is 14.3. The van der Waals surface area contributed by atoms with Crippen LogP contribution in [0.15, 0.2) is 145 Å². The van der Waals surface area contributed by atoms with Crippen LogP contribution in [0, 0.1) is 26.8 Å². The molecule has 0 amide bonds. The summed E-state index contributed by atoms with van der Waals surface area (Å²) < 4.78 is 82.4. The van der Waals surface area contributed by atoms with E-state index in [4.69, 9.17) is 20.9 Å². The number of phenols is 1. The molecule has 0 saturated carbocycles. The predicted octanol–water partition coefficient (Wildman–Crippen LogP) is 18.0. The Labute approximate surface area is 456 Å². The van der Waals surface area contributed by atoms with Gasteiger partial charge in [-0.2, -0.15) is 0 Å². The summed E-state index contributed by atoms with van der Waals surface area (Å²) in [6, 6.07) is 37.0. The molecule has 0 unspecified atom stereocenters.